The second-order valence-corrected chi connectivity index (χ2v) is 6.04. The molecule has 1 N–H and O–H groups in total. The molecule has 0 spiro atoms. The molecular weight excluding hydrogens is 400 g/mol. The van der Waals surface area contributed by atoms with Crippen molar-refractivity contribution in [2.75, 3.05) is 19.5 Å². The van der Waals surface area contributed by atoms with Gasteiger partial charge in [-0.05, 0) is 6.07 Å². The molecule has 0 saturated carbocycles. The molecule has 0 bridgehead atoms. The second-order valence-electron chi connectivity index (χ2n) is 4.99. The van der Waals surface area contributed by atoms with Gasteiger partial charge in [-0.2, -0.15) is 17.6 Å². The molecule has 2 rings (SSSR count). The van der Waals surface area contributed by atoms with Crippen LogP contribution in [0.5, 0.6) is 0 Å². The molecule has 0 radical (unpaired) electrons. The van der Waals surface area contributed by atoms with E-state index in [4.69, 9.17) is 0 Å². The summed E-state index contributed by atoms with van der Waals surface area (Å²) in [6, 6.07) is 3.24. The van der Waals surface area contributed by atoms with Crippen molar-refractivity contribution in [1.82, 2.24) is 0 Å². The molecule has 1 heterocycles. The third-order valence-corrected chi connectivity index (χ3v) is 4.58. The number of fused-ring (bicyclic) bond motifs is 1. The van der Waals surface area contributed by atoms with E-state index in [-0.39, 0.29) is 15.0 Å². The van der Waals surface area contributed by atoms with Crippen LogP contribution in [0.4, 0.5) is 28.9 Å². The van der Waals surface area contributed by atoms with E-state index in [2.05, 4.69) is 9.47 Å². The lowest BCUT2D eigenvalue weighted by atomic mass is 10.2. The van der Waals surface area contributed by atoms with Crippen molar-refractivity contribution in [3.05, 3.63) is 33.2 Å². The van der Waals surface area contributed by atoms with Crippen LogP contribution in [-0.2, 0) is 14.3 Å². The molecular formula is C14H10F4N2O6S. The van der Waals surface area contributed by atoms with E-state index in [1.165, 1.54) is 6.07 Å². The van der Waals surface area contributed by atoms with Crippen LogP contribution in [0.3, 0.4) is 0 Å². The van der Waals surface area contributed by atoms with Gasteiger partial charge in [0.1, 0.15) is 4.88 Å². The van der Waals surface area contributed by atoms with E-state index >= 15 is 0 Å². The fraction of sp³-hybridized carbons (Fsp3) is 0.286. The SMILES string of the molecule is COC(=O)c1sc2ccc([N+](=O)[O-])cc2c1NC(=O)[C@@](F)(OC)C(F)(F)F. The number of methoxy groups -OCH3 is 2. The number of nitro benzene ring substituents is 1. The summed E-state index contributed by atoms with van der Waals surface area (Å²) in [4.78, 5) is 33.6. The number of esters is 1. The van der Waals surface area contributed by atoms with Crippen LogP contribution in [0.15, 0.2) is 18.2 Å². The molecule has 0 aliphatic heterocycles. The maximum atomic E-state index is 14.1. The van der Waals surface area contributed by atoms with E-state index in [0.29, 0.717) is 18.4 Å². The van der Waals surface area contributed by atoms with Crippen molar-refractivity contribution < 1.29 is 41.5 Å². The van der Waals surface area contributed by atoms with Crippen molar-refractivity contribution in [3.8, 4) is 0 Å². The summed E-state index contributed by atoms with van der Waals surface area (Å²) in [5.41, 5.74) is -1.01. The zero-order chi connectivity index (χ0) is 20.6. The summed E-state index contributed by atoms with van der Waals surface area (Å²) >= 11 is 0.688. The third kappa shape index (κ3) is 3.55. The van der Waals surface area contributed by atoms with Crippen LogP contribution < -0.4 is 5.32 Å². The van der Waals surface area contributed by atoms with Crippen molar-refractivity contribution in [3.63, 3.8) is 0 Å². The first-order valence-corrected chi connectivity index (χ1v) is 7.69. The van der Waals surface area contributed by atoms with Gasteiger partial charge in [0.05, 0.1) is 17.7 Å². The smallest absolute Gasteiger partial charge is 0.458 e. The number of non-ortho nitro benzene ring substituents is 1. The van der Waals surface area contributed by atoms with Crippen LogP contribution in [0.25, 0.3) is 10.1 Å². The fourth-order valence-corrected chi connectivity index (χ4v) is 3.15. The molecule has 0 aliphatic carbocycles. The van der Waals surface area contributed by atoms with Gasteiger partial charge >= 0.3 is 18.0 Å². The molecule has 1 amide bonds. The summed E-state index contributed by atoms with van der Waals surface area (Å²) in [5.74, 6) is -7.99. The first-order valence-electron chi connectivity index (χ1n) is 6.87. The number of rotatable bonds is 5. The molecule has 1 aromatic carbocycles. The van der Waals surface area contributed by atoms with Gasteiger partial charge in [0, 0.05) is 29.3 Å². The molecule has 0 aliphatic rings. The number of anilines is 1. The van der Waals surface area contributed by atoms with Gasteiger partial charge in [0.2, 0.25) is 0 Å². The minimum absolute atomic E-state index is 0.136. The Morgan fingerprint density at radius 2 is 1.85 bits per heavy atom. The summed E-state index contributed by atoms with van der Waals surface area (Å²) in [6.45, 7) is 0. The maximum absolute atomic E-state index is 14.1. The number of nitrogens with zero attached hydrogens (tertiary/aromatic N) is 1. The highest BCUT2D eigenvalue weighted by Gasteiger charge is 2.63. The maximum Gasteiger partial charge on any atom is 0.458 e. The highest BCUT2D eigenvalue weighted by Crippen LogP contribution is 2.41. The minimum Gasteiger partial charge on any atom is -0.465 e. The molecule has 1 aromatic heterocycles. The standard InChI is InChI=1S/C14H10F4N2O6S/c1-25-11(21)10-9(19-12(22)13(15,26-2)14(16,17)18)7-5-6(20(23)24)3-4-8(7)27-10/h3-5H,1-2H3,(H,19,22)/t13-/m1/s1. The quantitative estimate of drug-likeness (QED) is 0.350. The summed E-state index contributed by atoms with van der Waals surface area (Å²) in [5, 5.41) is 12.4. The highest BCUT2D eigenvalue weighted by atomic mass is 32.1. The van der Waals surface area contributed by atoms with Gasteiger partial charge in [-0.1, -0.05) is 0 Å². The highest BCUT2D eigenvalue weighted by molar-refractivity contribution is 7.21. The number of hydrogen-bond acceptors (Lipinski definition) is 7. The van der Waals surface area contributed by atoms with Crippen LogP contribution in [0, 0.1) is 10.1 Å². The molecule has 0 unspecified atom stereocenters. The number of thiophene rings is 1. The Labute approximate surface area is 151 Å². The summed E-state index contributed by atoms with van der Waals surface area (Å²) in [6.07, 6.45) is -5.71. The number of nitrogens with one attached hydrogen (secondary N) is 1. The normalized spacial score (nSPS) is 13.9. The van der Waals surface area contributed by atoms with E-state index in [1.807, 2.05) is 0 Å². The first-order chi connectivity index (χ1) is 12.5. The average molecular weight is 410 g/mol. The van der Waals surface area contributed by atoms with Crippen molar-refractivity contribution >= 4 is 44.7 Å². The molecule has 0 saturated heterocycles. The molecule has 13 heteroatoms. The van der Waals surface area contributed by atoms with Gasteiger partial charge in [0.25, 0.3) is 11.6 Å². The lowest BCUT2D eigenvalue weighted by Gasteiger charge is -2.24. The summed E-state index contributed by atoms with van der Waals surface area (Å²) in [7, 11) is 1.32. The number of hydrogen-bond donors (Lipinski definition) is 1. The first kappa shape index (κ1) is 20.5. The monoisotopic (exact) mass is 410 g/mol. The number of halogens is 4. The molecule has 27 heavy (non-hydrogen) atoms. The number of alkyl halides is 4. The Kier molecular flexibility index (Phi) is 5.37. The number of ether oxygens (including phenoxy) is 2. The van der Waals surface area contributed by atoms with Gasteiger partial charge in [-0.15, -0.1) is 11.3 Å². The Morgan fingerprint density at radius 1 is 1.22 bits per heavy atom. The number of nitro groups is 1. The van der Waals surface area contributed by atoms with E-state index < -0.39 is 40.2 Å². The zero-order valence-corrected chi connectivity index (χ0v) is 14.4. The van der Waals surface area contributed by atoms with Crippen molar-refractivity contribution in [1.29, 1.82) is 0 Å². The molecule has 146 valence electrons. The Balaban J connectivity index is 2.64. The van der Waals surface area contributed by atoms with Crippen LogP contribution >= 0.6 is 11.3 Å². The second kappa shape index (κ2) is 7.08. The van der Waals surface area contributed by atoms with Gasteiger partial charge < -0.3 is 14.8 Å². The van der Waals surface area contributed by atoms with Crippen LogP contribution in [-0.4, -0.2) is 43.1 Å². The zero-order valence-electron chi connectivity index (χ0n) is 13.5. The van der Waals surface area contributed by atoms with E-state index in [1.54, 1.807) is 5.32 Å². The fourth-order valence-electron chi connectivity index (χ4n) is 2.09. The topological polar surface area (TPSA) is 108 Å². The largest absolute Gasteiger partial charge is 0.465 e. The average Bonchev–Trinajstić information content (AvgIpc) is 2.96. The number of amides is 1. The predicted molar refractivity (Wildman–Crippen MR) is 85.4 cm³/mol. The van der Waals surface area contributed by atoms with Crippen molar-refractivity contribution in [2.24, 2.45) is 0 Å². The molecule has 2 aromatic rings. The lowest BCUT2D eigenvalue weighted by Crippen LogP contribution is -2.52. The minimum atomic E-state index is -5.71. The molecule has 8 nitrogen and oxygen atoms in total. The van der Waals surface area contributed by atoms with Gasteiger partial charge in [-0.25, -0.2) is 4.79 Å². The predicted octanol–water partition coefficient (Wildman–Crippen LogP) is 3.41. The van der Waals surface area contributed by atoms with Crippen molar-refractivity contribution in [2.45, 2.75) is 12.0 Å². The molecule has 1 atom stereocenters. The Bertz CT molecular complexity index is 928. The Morgan fingerprint density at radius 3 is 2.33 bits per heavy atom. The van der Waals surface area contributed by atoms with Gasteiger partial charge in [0.15, 0.2) is 0 Å². The van der Waals surface area contributed by atoms with Crippen LogP contribution in [0.2, 0.25) is 0 Å². The number of benzene rings is 1. The number of carbonyl (C=O) groups excluding carboxylic acids is 2. The van der Waals surface area contributed by atoms with Crippen LogP contribution in [0.1, 0.15) is 9.67 Å². The lowest BCUT2D eigenvalue weighted by molar-refractivity contribution is -0.384. The third-order valence-electron chi connectivity index (χ3n) is 3.43. The van der Waals surface area contributed by atoms with E-state index in [0.717, 1.165) is 19.2 Å². The van der Waals surface area contributed by atoms with Gasteiger partial charge in [-0.3, -0.25) is 14.9 Å². The Hall–Kier alpha value is -2.80. The summed E-state index contributed by atoms with van der Waals surface area (Å²) < 4.78 is 61.0. The van der Waals surface area contributed by atoms with E-state index in [9.17, 15) is 37.3 Å². The molecule has 0 fully saturated rings. The number of carbonyl (C=O) groups is 2.